The Bertz CT molecular complexity index is 2850. The number of nitrogens with zero attached hydrogens (tertiary/aromatic N) is 5. The number of carbonyl (C=O) groups is 1. The second kappa shape index (κ2) is 32.1. The fourth-order valence-corrected chi connectivity index (χ4v) is 6.96. The van der Waals surface area contributed by atoms with Crippen molar-refractivity contribution in [2.75, 3.05) is 65.5 Å². The first kappa shape index (κ1) is 56.7. The van der Waals surface area contributed by atoms with Crippen LogP contribution >= 0.6 is 15.9 Å². The summed E-state index contributed by atoms with van der Waals surface area (Å²) in [6.45, 7) is 6.49. The van der Waals surface area contributed by atoms with Gasteiger partial charge in [0.1, 0.15) is 23.3 Å². The van der Waals surface area contributed by atoms with Crippen molar-refractivity contribution in [2.45, 2.75) is 25.9 Å². The average Bonchev–Trinajstić information content (AvgIpc) is 3.68. The molecule has 0 radical (unpaired) electrons. The fourth-order valence-electron chi connectivity index (χ4n) is 6.64. The number of ether oxygens (including phenoxy) is 2. The molecule has 2 aliphatic rings. The van der Waals surface area contributed by atoms with E-state index in [1.54, 1.807) is 65.8 Å². The van der Waals surface area contributed by atoms with Gasteiger partial charge in [0.15, 0.2) is 1.37 Å². The molecular weight excluding hydrogens is 988 g/mol. The maximum atomic E-state index is 13.3. The molecule has 2 aromatic heterocycles. The summed E-state index contributed by atoms with van der Waals surface area (Å²) < 4.78 is 56.4. The molecule has 0 spiro atoms. The van der Waals surface area contributed by atoms with Crippen LogP contribution in [0, 0.1) is 42.2 Å². The molecule has 4 heterocycles. The van der Waals surface area contributed by atoms with E-state index in [1.807, 2.05) is 18.2 Å². The molecule has 2 aliphatic heterocycles. The van der Waals surface area contributed by atoms with Crippen molar-refractivity contribution in [2.24, 2.45) is 0 Å². The first-order valence-electron chi connectivity index (χ1n) is 20.9. The van der Waals surface area contributed by atoms with Crippen LogP contribution in [0.15, 0.2) is 94.5 Å². The summed E-state index contributed by atoms with van der Waals surface area (Å²) in [5, 5.41) is 5.40. The third-order valence-electron chi connectivity index (χ3n) is 9.76. The van der Waals surface area contributed by atoms with Crippen LogP contribution in [-0.4, -0.2) is 95.9 Å². The predicted octanol–water partition coefficient (Wildman–Crippen LogP) is -0.264. The van der Waals surface area contributed by atoms with Crippen molar-refractivity contribution in [1.29, 1.82) is 0 Å². The van der Waals surface area contributed by atoms with E-state index in [-0.39, 0.29) is 132 Å². The number of carbonyl (C=O) groups excluding carboxylic acids is 1. The number of nitrogens with one attached hydrogen (secondary N) is 1. The minimum absolute atomic E-state index is 0. The van der Waals surface area contributed by atoms with Crippen molar-refractivity contribution in [1.82, 2.24) is 29.3 Å². The normalized spacial score (nSPS) is 12.7. The van der Waals surface area contributed by atoms with E-state index < -0.39 is 6.45 Å². The number of alkyl halides is 1. The van der Waals surface area contributed by atoms with E-state index in [4.69, 9.17) is 11.1 Å². The molecule has 19 heteroatoms. The SMILES string of the molecule is COCCBr.COCCN1CCc2nc3cc(C#Cc4cccc(F)c4)ccc3c(=O)n2CC1.O=c1c2ccc(C#Cc3cccc(F)c3)cc2nc2n1CCNCC2.[2H]C(=O)OO[CH-]F.[K+].[K+]. The van der Waals surface area contributed by atoms with Gasteiger partial charge in [0, 0.05) is 100 Å². The number of fused-ring (bicyclic) bond motifs is 4. The van der Waals surface area contributed by atoms with Gasteiger partial charge in [-0.2, -0.15) is 0 Å². The van der Waals surface area contributed by atoms with Crippen LogP contribution in [0.5, 0.6) is 0 Å². The van der Waals surface area contributed by atoms with Gasteiger partial charge in [0.05, 0.1) is 35.0 Å². The van der Waals surface area contributed by atoms with Gasteiger partial charge >= 0.3 is 109 Å². The Morgan fingerprint density at radius 3 is 1.72 bits per heavy atom. The molecule has 0 fully saturated rings. The molecule has 1 N–H and O–H groups in total. The Labute approximate surface area is 481 Å². The molecule has 0 aliphatic carbocycles. The Kier molecular flexibility index (Phi) is 27.1. The third kappa shape index (κ3) is 18.7. The van der Waals surface area contributed by atoms with Gasteiger partial charge < -0.3 is 29.0 Å². The number of hydrogen-bond donors (Lipinski definition) is 1. The zero-order valence-electron chi connectivity index (χ0n) is 38.8. The minimum atomic E-state index is -1.44. The summed E-state index contributed by atoms with van der Waals surface area (Å²) in [4.78, 5) is 53.2. The zero-order valence-corrected chi connectivity index (χ0v) is 45.6. The molecule has 8 rings (SSSR count). The molecular formula is C48H47BrF3K2N6O7+. The summed E-state index contributed by atoms with van der Waals surface area (Å²) in [5.41, 5.74) is 4.00. The van der Waals surface area contributed by atoms with E-state index in [0.717, 1.165) is 73.9 Å². The number of rotatable bonds is 7. The molecule has 0 amide bonds. The number of halogens is 4. The molecule has 6 aromatic rings. The Balaban J connectivity index is 0.000000286. The van der Waals surface area contributed by atoms with Gasteiger partial charge in [0.25, 0.3) is 11.1 Å². The molecule has 0 saturated heterocycles. The summed E-state index contributed by atoms with van der Waals surface area (Å²) in [7, 11) is 3.38. The van der Waals surface area contributed by atoms with Gasteiger partial charge in [-0.1, -0.05) is 51.7 Å². The Morgan fingerprint density at radius 2 is 1.25 bits per heavy atom. The van der Waals surface area contributed by atoms with Crippen molar-refractivity contribution in [3.63, 3.8) is 0 Å². The van der Waals surface area contributed by atoms with Gasteiger partial charge in [-0.3, -0.25) is 28.4 Å². The molecule has 67 heavy (non-hydrogen) atoms. The first-order chi connectivity index (χ1) is 32.0. The molecule has 4 aromatic carbocycles. The fraction of sp³-hybridized carbons (Fsp3) is 0.292. The van der Waals surface area contributed by atoms with Crippen LogP contribution < -0.4 is 119 Å². The number of hydrogen-bond acceptors (Lipinski definition) is 11. The zero-order chi connectivity index (χ0) is 47.3. The smallest absolute Gasteiger partial charge is 0.426 e. The van der Waals surface area contributed by atoms with E-state index in [9.17, 15) is 27.6 Å². The van der Waals surface area contributed by atoms with Crippen molar-refractivity contribution < 1.29 is 141 Å². The molecule has 0 atom stereocenters. The van der Waals surface area contributed by atoms with Gasteiger partial charge in [-0.25, -0.2) is 18.7 Å². The van der Waals surface area contributed by atoms with E-state index >= 15 is 0 Å². The van der Waals surface area contributed by atoms with Crippen LogP contribution in [0.3, 0.4) is 0 Å². The molecule has 0 unspecified atom stereocenters. The Hall–Kier alpha value is -2.91. The molecule has 0 bridgehead atoms. The summed E-state index contributed by atoms with van der Waals surface area (Å²) in [5.74, 6) is 12.9. The van der Waals surface area contributed by atoms with Gasteiger partial charge in [-0.05, 0) is 79.7 Å². The van der Waals surface area contributed by atoms with E-state index in [2.05, 4.69) is 69.3 Å². The van der Waals surface area contributed by atoms with Crippen LogP contribution in [0.25, 0.3) is 21.8 Å². The standard InChI is InChI=1S/C23H22FN3O2.C20H16FN3O.C3H7BrO.C2H2FO3.2K/c1-29-14-13-26-10-9-22-25-21-16-18(6-5-17-3-2-4-19(24)15-17)7-8-20(21)23(28)27(22)12-11-26;21-16-3-1-2-14(12-16)4-5-15-6-7-17-18(13-15)23-19-8-9-22-10-11-24(19)20(17)25;1-5-3-2-4;3-1-5-6-2-4;;/h2-4,7-8,15-16H,9-14H2,1H3;1-3,6-7,12-13,22H,8-11H2;2-3H2,1H3;1-2H;;/q;;;-1;2*+1/i;;;2D;;. The van der Waals surface area contributed by atoms with Crippen LogP contribution in [0.2, 0.25) is 0 Å². The van der Waals surface area contributed by atoms with Crippen molar-refractivity contribution in [3.05, 3.63) is 158 Å². The van der Waals surface area contributed by atoms with Crippen molar-refractivity contribution in [3.8, 4) is 23.7 Å². The molecule has 340 valence electrons. The second-order valence-corrected chi connectivity index (χ2v) is 14.9. The van der Waals surface area contributed by atoms with Gasteiger partial charge in [0.2, 0.25) is 0 Å². The Morgan fingerprint density at radius 1 is 0.731 bits per heavy atom. The monoisotopic (exact) mass is 1030 g/mol. The third-order valence-corrected chi connectivity index (χ3v) is 10.1. The van der Waals surface area contributed by atoms with Crippen LogP contribution in [0.1, 0.15) is 35.3 Å². The van der Waals surface area contributed by atoms with E-state index in [1.165, 1.54) is 24.3 Å². The van der Waals surface area contributed by atoms with Crippen LogP contribution in [-0.2, 0) is 50.0 Å². The molecule has 0 saturated carbocycles. The average molecular weight is 1040 g/mol. The van der Waals surface area contributed by atoms with E-state index in [0.29, 0.717) is 59.0 Å². The summed E-state index contributed by atoms with van der Waals surface area (Å²) in [6, 6.07) is 23.2. The van der Waals surface area contributed by atoms with Gasteiger partial charge in [-0.15, -0.1) is 0 Å². The summed E-state index contributed by atoms with van der Waals surface area (Å²) >= 11 is 3.18. The maximum absolute atomic E-state index is 13.3. The topological polar surface area (TPSA) is 139 Å². The largest absolute Gasteiger partial charge is 1.00 e. The quantitative estimate of drug-likeness (QED) is 0.0431. The second-order valence-electron chi connectivity index (χ2n) is 14.1. The first-order valence-corrected chi connectivity index (χ1v) is 21.5. The molecule has 13 nitrogen and oxygen atoms in total. The number of methoxy groups -OCH3 is 2. The maximum Gasteiger partial charge on any atom is 1.00 e. The minimum Gasteiger partial charge on any atom is -0.426 e. The van der Waals surface area contributed by atoms with Crippen molar-refractivity contribution >= 4 is 44.2 Å². The number of aromatic nitrogens is 4. The summed E-state index contributed by atoms with van der Waals surface area (Å²) in [6.07, 6.45) is 0.00672. The van der Waals surface area contributed by atoms with Crippen LogP contribution in [0.4, 0.5) is 13.2 Å². The predicted molar refractivity (Wildman–Crippen MR) is 245 cm³/mol. The number of benzene rings is 4.